The minimum Gasteiger partial charge on any atom is -0.497 e. The highest BCUT2D eigenvalue weighted by molar-refractivity contribution is 5.69. The lowest BCUT2D eigenvalue weighted by molar-refractivity contribution is -0.00440. The van der Waals surface area contributed by atoms with E-state index in [0.29, 0.717) is 13.2 Å². The van der Waals surface area contributed by atoms with Gasteiger partial charge in [0.1, 0.15) is 18.5 Å². The molecule has 0 aliphatic carbocycles. The Labute approximate surface area is 188 Å². The van der Waals surface area contributed by atoms with Crippen LogP contribution in [0.5, 0.6) is 5.75 Å². The zero-order valence-electron chi connectivity index (χ0n) is 18.1. The van der Waals surface area contributed by atoms with Crippen LogP contribution >= 0.6 is 0 Å². The van der Waals surface area contributed by atoms with Crippen molar-refractivity contribution in [2.45, 2.75) is 25.4 Å². The van der Waals surface area contributed by atoms with E-state index in [1.54, 1.807) is 12.0 Å². The van der Waals surface area contributed by atoms with E-state index >= 15 is 0 Å². The normalized spacial score (nSPS) is 17.7. The van der Waals surface area contributed by atoms with Crippen molar-refractivity contribution in [3.05, 3.63) is 114 Å². The molecular weight excluding hydrogens is 402 g/mol. The minimum absolute atomic E-state index is 0.227. The Morgan fingerprint density at radius 1 is 0.875 bits per heavy atom. The summed E-state index contributed by atoms with van der Waals surface area (Å²) in [5, 5.41) is 0. The minimum atomic E-state index is -0.368. The van der Waals surface area contributed by atoms with Gasteiger partial charge in [0.15, 0.2) is 0 Å². The maximum absolute atomic E-state index is 13.1. The lowest BCUT2D eigenvalue weighted by atomic mass is 9.96. The first-order valence-corrected chi connectivity index (χ1v) is 10.7. The van der Waals surface area contributed by atoms with Crippen LogP contribution in [0.4, 0.5) is 4.79 Å². The number of amides is 1. The van der Waals surface area contributed by atoms with Gasteiger partial charge in [0.25, 0.3) is 0 Å². The number of rotatable bonds is 7. The van der Waals surface area contributed by atoms with Crippen LogP contribution in [-0.2, 0) is 22.7 Å². The number of carbonyl (C=O) groups excluding carboxylic acids is 1. The van der Waals surface area contributed by atoms with Crippen LogP contribution in [0.3, 0.4) is 0 Å². The van der Waals surface area contributed by atoms with Gasteiger partial charge in [-0.05, 0) is 28.8 Å². The van der Waals surface area contributed by atoms with Gasteiger partial charge in [-0.25, -0.2) is 4.79 Å². The molecule has 1 aliphatic rings. The number of nitrogens with zero attached hydrogens (tertiary/aromatic N) is 1. The van der Waals surface area contributed by atoms with Crippen LogP contribution < -0.4 is 4.74 Å². The number of ether oxygens (including phenoxy) is 3. The molecule has 3 aromatic carbocycles. The van der Waals surface area contributed by atoms with E-state index in [0.717, 1.165) is 22.4 Å². The van der Waals surface area contributed by atoms with Crippen molar-refractivity contribution < 1.29 is 19.0 Å². The Bertz CT molecular complexity index is 1020. The van der Waals surface area contributed by atoms with Gasteiger partial charge in [-0.2, -0.15) is 0 Å². The summed E-state index contributed by atoms with van der Waals surface area (Å²) in [6.07, 6.45) is 3.31. The molecular formula is C27H27NO4. The third-order valence-electron chi connectivity index (χ3n) is 5.46. The van der Waals surface area contributed by atoms with E-state index in [4.69, 9.17) is 14.2 Å². The highest BCUT2D eigenvalue weighted by atomic mass is 16.6. The van der Waals surface area contributed by atoms with E-state index in [9.17, 15) is 4.79 Å². The van der Waals surface area contributed by atoms with Gasteiger partial charge in [0.2, 0.25) is 0 Å². The summed E-state index contributed by atoms with van der Waals surface area (Å²) in [6.45, 7) is 1.13. The molecule has 1 aliphatic heterocycles. The lowest BCUT2D eigenvalue weighted by Gasteiger charge is -2.37. The second-order valence-corrected chi connectivity index (χ2v) is 7.60. The molecule has 0 bridgehead atoms. The molecule has 1 amide bonds. The average molecular weight is 430 g/mol. The number of hydrogen-bond acceptors (Lipinski definition) is 4. The van der Waals surface area contributed by atoms with Crippen molar-refractivity contribution in [2.24, 2.45) is 0 Å². The summed E-state index contributed by atoms with van der Waals surface area (Å²) in [4.78, 5) is 14.8. The molecule has 0 aromatic heterocycles. The van der Waals surface area contributed by atoms with Crippen molar-refractivity contribution in [1.29, 1.82) is 0 Å². The van der Waals surface area contributed by atoms with Crippen LogP contribution in [0.2, 0.25) is 0 Å². The Kier molecular flexibility index (Phi) is 7.20. The van der Waals surface area contributed by atoms with E-state index in [-0.39, 0.29) is 24.8 Å². The van der Waals surface area contributed by atoms with Gasteiger partial charge in [0, 0.05) is 6.54 Å². The van der Waals surface area contributed by atoms with Gasteiger partial charge in [0.05, 0.1) is 19.8 Å². The fraction of sp³-hybridized carbons (Fsp3) is 0.222. The first-order chi connectivity index (χ1) is 15.7. The van der Waals surface area contributed by atoms with Crippen LogP contribution in [0.1, 0.15) is 22.7 Å². The Hall–Kier alpha value is -3.57. The van der Waals surface area contributed by atoms with Gasteiger partial charge in [-0.3, -0.25) is 4.90 Å². The molecule has 1 heterocycles. The highest BCUT2D eigenvalue weighted by Gasteiger charge is 2.34. The molecule has 4 rings (SSSR count). The van der Waals surface area contributed by atoms with Crippen LogP contribution in [0, 0.1) is 0 Å². The van der Waals surface area contributed by atoms with Crippen molar-refractivity contribution in [1.82, 2.24) is 4.90 Å². The van der Waals surface area contributed by atoms with Crippen molar-refractivity contribution >= 4 is 6.09 Å². The molecule has 32 heavy (non-hydrogen) atoms. The lowest BCUT2D eigenvalue weighted by Crippen LogP contribution is -2.44. The SMILES string of the molecule is COc1ccc([C@@H]2[C@@H](OCc3ccccc3)C=CCN2C(=O)OCc2ccccc2)cc1. The summed E-state index contributed by atoms with van der Waals surface area (Å²) in [7, 11) is 1.64. The monoisotopic (exact) mass is 429 g/mol. The number of hydrogen-bond donors (Lipinski definition) is 0. The molecule has 0 unspecified atom stereocenters. The molecule has 0 saturated heterocycles. The Balaban J connectivity index is 1.54. The molecule has 3 aromatic rings. The van der Waals surface area contributed by atoms with Crippen LogP contribution in [-0.4, -0.2) is 30.8 Å². The largest absolute Gasteiger partial charge is 0.497 e. The van der Waals surface area contributed by atoms with E-state index < -0.39 is 0 Å². The molecule has 0 radical (unpaired) electrons. The van der Waals surface area contributed by atoms with Gasteiger partial charge in [-0.15, -0.1) is 0 Å². The van der Waals surface area contributed by atoms with E-state index in [2.05, 4.69) is 0 Å². The molecule has 0 saturated carbocycles. The second kappa shape index (κ2) is 10.6. The van der Waals surface area contributed by atoms with Crippen molar-refractivity contribution in [3.8, 4) is 5.75 Å². The van der Waals surface area contributed by atoms with Crippen LogP contribution in [0.25, 0.3) is 0 Å². The highest BCUT2D eigenvalue weighted by Crippen LogP contribution is 2.32. The summed E-state index contributed by atoms with van der Waals surface area (Å²) in [5.41, 5.74) is 2.99. The number of benzene rings is 3. The molecule has 164 valence electrons. The molecule has 5 nitrogen and oxygen atoms in total. The topological polar surface area (TPSA) is 48.0 Å². The predicted molar refractivity (Wildman–Crippen MR) is 123 cm³/mol. The second-order valence-electron chi connectivity index (χ2n) is 7.60. The molecule has 2 atom stereocenters. The van der Waals surface area contributed by atoms with E-state index in [1.165, 1.54) is 0 Å². The van der Waals surface area contributed by atoms with E-state index in [1.807, 2.05) is 97.1 Å². The molecule has 0 fully saturated rings. The number of carbonyl (C=O) groups is 1. The molecule has 0 N–H and O–H groups in total. The molecule has 5 heteroatoms. The van der Waals surface area contributed by atoms with Crippen LogP contribution in [0.15, 0.2) is 97.1 Å². The predicted octanol–water partition coefficient (Wildman–Crippen LogP) is 5.53. The third kappa shape index (κ3) is 5.37. The smallest absolute Gasteiger partial charge is 0.411 e. The van der Waals surface area contributed by atoms with Crippen molar-refractivity contribution in [2.75, 3.05) is 13.7 Å². The summed E-state index contributed by atoms with van der Waals surface area (Å²) < 4.78 is 17.2. The zero-order chi connectivity index (χ0) is 22.2. The van der Waals surface area contributed by atoms with Gasteiger partial charge in [-0.1, -0.05) is 84.9 Å². The summed E-state index contributed by atoms with van der Waals surface area (Å²) >= 11 is 0. The Morgan fingerprint density at radius 2 is 1.50 bits per heavy atom. The molecule has 0 spiro atoms. The standard InChI is InChI=1S/C27H27NO4/c1-30-24-16-14-23(15-17-24)26-25(31-19-21-9-4-2-5-10-21)13-8-18-28(26)27(29)32-20-22-11-6-3-7-12-22/h2-17,25-26H,18-20H2,1H3/t25-,26+/m0/s1. The van der Waals surface area contributed by atoms with Gasteiger partial charge >= 0.3 is 6.09 Å². The fourth-order valence-corrected chi connectivity index (χ4v) is 3.78. The number of methoxy groups -OCH3 is 1. The van der Waals surface area contributed by atoms with Crippen molar-refractivity contribution in [3.63, 3.8) is 0 Å². The summed E-state index contributed by atoms with van der Waals surface area (Å²) in [5.74, 6) is 0.764. The fourth-order valence-electron chi connectivity index (χ4n) is 3.78. The first-order valence-electron chi connectivity index (χ1n) is 10.7. The average Bonchev–Trinajstić information content (AvgIpc) is 2.87. The maximum Gasteiger partial charge on any atom is 0.411 e. The zero-order valence-corrected chi connectivity index (χ0v) is 18.1. The third-order valence-corrected chi connectivity index (χ3v) is 5.46. The first kappa shape index (κ1) is 21.7. The quantitative estimate of drug-likeness (QED) is 0.463. The maximum atomic E-state index is 13.1. The Morgan fingerprint density at radius 3 is 2.12 bits per heavy atom. The van der Waals surface area contributed by atoms with Gasteiger partial charge < -0.3 is 14.2 Å². The summed E-state index contributed by atoms with van der Waals surface area (Å²) in [6, 6.07) is 27.1.